The second-order valence-electron chi connectivity index (χ2n) is 11.4. The van der Waals surface area contributed by atoms with Crippen LogP contribution in [0.15, 0.2) is 84.3 Å². The number of carbonyl (C=O) groups is 1. The zero-order valence-corrected chi connectivity index (χ0v) is 24.6. The van der Waals surface area contributed by atoms with Crippen LogP contribution < -0.4 is 15.4 Å². The summed E-state index contributed by atoms with van der Waals surface area (Å²) in [6.07, 6.45) is 1.28. The molecule has 1 amide bonds. The maximum atomic E-state index is 13.4. The molecule has 2 aliphatic rings. The van der Waals surface area contributed by atoms with Crippen molar-refractivity contribution in [3.05, 3.63) is 107 Å². The molecule has 0 bridgehead atoms. The predicted octanol–water partition coefficient (Wildman–Crippen LogP) is 6.46. The molecule has 0 radical (unpaired) electrons. The number of benzene rings is 3. The molecule has 5 rings (SSSR count). The van der Waals surface area contributed by atoms with E-state index in [4.69, 9.17) is 0 Å². The average Bonchev–Trinajstić information content (AvgIpc) is 2.96. The first-order chi connectivity index (χ1) is 20.5. The van der Waals surface area contributed by atoms with Crippen LogP contribution in [0.5, 0.6) is 0 Å². The monoisotopic (exact) mass is 611 g/mol. The first kappa shape index (κ1) is 31.0. The molecular weight excluding hydrogens is 575 g/mol. The van der Waals surface area contributed by atoms with Crippen molar-refractivity contribution in [2.75, 3.05) is 6.54 Å². The molecule has 0 aromatic heterocycles. The summed E-state index contributed by atoms with van der Waals surface area (Å²) in [5, 5.41) is 6.62. The highest BCUT2D eigenvalue weighted by Gasteiger charge is 2.33. The average molecular weight is 612 g/mol. The molecule has 3 aromatic carbocycles. The summed E-state index contributed by atoms with van der Waals surface area (Å²) in [5.41, 5.74) is 3.75. The molecule has 228 valence electrons. The molecule has 3 N–H and O–H groups in total. The van der Waals surface area contributed by atoms with Crippen molar-refractivity contribution in [1.29, 1.82) is 0 Å². The van der Waals surface area contributed by atoms with E-state index < -0.39 is 32.7 Å². The minimum atomic E-state index is -4.69. The molecule has 2 aliphatic carbocycles. The Balaban J connectivity index is 1.29. The lowest BCUT2D eigenvalue weighted by Gasteiger charge is -2.29. The van der Waals surface area contributed by atoms with Crippen LogP contribution in [0, 0.1) is 0 Å². The number of carbonyl (C=O) groups excluding carboxylic acids is 1. The van der Waals surface area contributed by atoms with Crippen LogP contribution in [0.25, 0.3) is 5.57 Å². The van der Waals surface area contributed by atoms with E-state index in [1.54, 1.807) is 30.3 Å². The lowest BCUT2D eigenvalue weighted by Crippen LogP contribution is -2.36. The van der Waals surface area contributed by atoms with Gasteiger partial charge in [-0.25, -0.2) is 13.1 Å². The third kappa shape index (κ3) is 7.74. The minimum Gasteiger partial charge on any atom is -0.349 e. The van der Waals surface area contributed by atoms with Gasteiger partial charge in [-0.05, 0) is 78.1 Å². The maximum absolute atomic E-state index is 13.4. The van der Waals surface area contributed by atoms with Gasteiger partial charge in [0.1, 0.15) is 0 Å². The fourth-order valence-corrected chi connectivity index (χ4v) is 6.88. The summed E-state index contributed by atoms with van der Waals surface area (Å²) in [6.45, 7) is 4.99. The molecule has 1 saturated carbocycles. The number of nitrogens with one attached hydrogen (secondary N) is 3. The smallest absolute Gasteiger partial charge is 0.349 e. The Labute approximate surface area is 250 Å². The van der Waals surface area contributed by atoms with Crippen molar-refractivity contribution in [3.8, 4) is 0 Å². The predicted molar refractivity (Wildman–Crippen MR) is 161 cm³/mol. The van der Waals surface area contributed by atoms with Gasteiger partial charge in [0.25, 0.3) is 0 Å². The molecule has 2 atom stereocenters. The molecule has 1 fully saturated rings. The van der Waals surface area contributed by atoms with E-state index in [1.807, 2.05) is 12.1 Å². The second kappa shape index (κ2) is 13.0. The van der Waals surface area contributed by atoms with Crippen molar-refractivity contribution in [3.63, 3.8) is 0 Å². The Hall–Kier alpha value is -3.47. The van der Waals surface area contributed by atoms with Crippen LogP contribution in [-0.4, -0.2) is 26.9 Å². The SMILES string of the molecule is C=C(CNC1CCC1)c1ccc2c(c1)CCC[C@H]2NC(=O)C[C@@H](NS(=O)(=O)c1cccc(C(F)(F)F)c1)c1ccccc1. The van der Waals surface area contributed by atoms with Gasteiger partial charge in [0.05, 0.1) is 22.5 Å². The molecule has 0 unspecified atom stereocenters. The van der Waals surface area contributed by atoms with Gasteiger partial charge in [-0.1, -0.05) is 67.6 Å². The van der Waals surface area contributed by atoms with Crippen LogP contribution >= 0.6 is 0 Å². The Morgan fingerprint density at radius 3 is 2.42 bits per heavy atom. The maximum Gasteiger partial charge on any atom is 0.416 e. The molecule has 43 heavy (non-hydrogen) atoms. The van der Waals surface area contributed by atoms with Crippen LogP contribution in [-0.2, 0) is 27.4 Å². The zero-order valence-electron chi connectivity index (χ0n) is 23.8. The van der Waals surface area contributed by atoms with E-state index in [0.717, 1.165) is 66.3 Å². The van der Waals surface area contributed by atoms with E-state index >= 15 is 0 Å². The van der Waals surface area contributed by atoms with Gasteiger partial charge in [0.2, 0.25) is 15.9 Å². The number of hydrogen-bond donors (Lipinski definition) is 3. The second-order valence-corrected chi connectivity index (χ2v) is 13.1. The number of alkyl halides is 3. The standard InChI is InChI=1S/C33H36F3N3O3S/c1-22(21-37-27-12-7-13-27)24-16-17-29-25(18-24)10-5-15-30(29)38-32(40)20-31(23-8-3-2-4-9-23)39-43(41,42)28-14-6-11-26(19-28)33(34,35)36/h2-4,6,8-9,11,14,16-19,27,30-31,37,39H,1,5,7,10,12-13,15,20-21H2,(H,38,40)/t30-,31-/m1/s1. The summed E-state index contributed by atoms with van der Waals surface area (Å²) in [5.74, 6) is -0.364. The van der Waals surface area contributed by atoms with E-state index in [1.165, 1.54) is 19.3 Å². The van der Waals surface area contributed by atoms with Crippen molar-refractivity contribution in [2.45, 2.75) is 74.1 Å². The van der Waals surface area contributed by atoms with Gasteiger partial charge in [-0.3, -0.25) is 4.79 Å². The number of hydrogen-bond acceptors (Lipinski definition) is 4. The first-order valence-corrected chi connectivity index (χ1v) is 16.1. The summed E-state index contributed by atoms with van der Waals surface area (Å²) in [6, 6.07) is 17.7. The zero-order chi connectivity index (χ0) is 30.6. The lowest BCUT2D eigenvalue weighted by molar-refractivity contribution is -0.137. The lowest BCUT2D eigenvalue weighted by atomic mass is 9.85. The van der Waals surface area contributed by atoms with E-state index in [0.29, 0.717) is 17.7 Å². The van der Waals surface area contributed by atoms with Crippen LogP contribution in [0.3, 0.4) is 0 Å². The third-order valence-electron chi connectivity index (χ3n) is 8.27. The van der Waals surface area contributed by atoms with Crippen molar-refractivity contribution in [2.24, 2.45) is 0 Å². The van der Waals surface area contributed by atoms with E-state index in [-0.39, 0.29) is 18.4 Å². The quantitative estimate of drug-likeness (QED) is 0.232. The number of fused-ring (bicyclic) bond motifs is 1. The Morgan fingerprint density at radius 1 is 0.953 bits per heavy atom. The molecule has 10 heteroatoms. The summed E-state index contributed by atoms with van der Waals surface area (Å²) >= 11 is 0. The largest absolute Gasteiger partial charge is 0.416 e. The molecule has 0 spiro atoms. The number of sulfonamides is 1. The Kier molecular flexibility index (Phi) is 9.39. The van der Waals surface area contributed by atoms with Crippen LogP contribution in [0.4, 0.5) is 13.2 Å². The normalized spacial score (nSPS) is 17.9. The minimum absolute atomic E-state index is 0.226. The van der Waals surface area contributed by atoms with E-state index in [2.05, 4.69) is 28.0 Å². The fraction of sp³-hybridized carbons (Fsp3) is 0.364. The van der Waals surface area contributed by atoms with Crippen LogP contribution in [0.1, 0.15) is 78.4 Å². The van der Waals surface area contributed by atoms with E-state index in [9.17, 15) is 26.4 Å². The highest BCUT2D eigenvalue weighted by atomic mass is 32.2. The molecule has 0 saturated heterocycles. The van der Waals surface area contributed by atoms with Gasteiger partial charge in [-0.2, -0.15) is 13.2 Å². The van der Waals surface area contributed by atoms with Gasteiger partial charge in [0.15, 0.2) is 0 Å². The Bertz CT molecular complexity index is 1570. The molecule has 0 heterocycles. The first-order valence-electron chi connectivity index (χ1n) is 14.6. The van der Waals surface area contributed by atoms with Gasteiger partial charge < -0.3 is 10.6 Å². The molecule has 0 aliphatic heterocycles. The summed E-state index contributed by atoms with van der Waals surface area (Å²) in [7, 11) is -4.38. The van der Waals surface area contributed by atoms with Crippen molar-refractivity contribution in [1.82, 2.24) is 15.4 Å². The van der Waals surface area contributed by atoms with Gasteiger partial charge in [-0.15, -0.1) is 0 Å². The number of halogens is 3. The summed E-state index contributed by atoms with van der Waals surface area (Å²) < 4.78 is 68.6. The molecular formula is C33H36F3N3O3S. The number of rotatable bonds is 11. The fourth-order valence-electron chi connectivity index (χ4n) is 5.61. The Morgan fingerprint density at radius 2 is 1.72 bits per heavy atom. The van der Waals surface area contributed by atoms with Gasteiger partial charge >= 0.3 is 6.18 Å². The molecule has 6 nitrogen and oxygen atoms in total. The van der Waals surface area contributed by atoms with Crippen molar-refractivity contribution < 1.29 is 26.4 Å². The molecule has 3 aromatic rings. The number of aryl methyl sites for hydroxylation is 1. The topological polar surface area (TPSA) is 87.3 Å². The van der Waals surface area contributed by atoms with Crippen LogP contribution in [0.2, 0.25) is 0 Å². The highest BCUT2D eigenvalue weighted by Crippen LogP contribution is 2.33. The van der Waals surface area contributed by atoms with Crippen molar-refractivity contribution >= 4 is 21.5 Å². The number of amides is 1. The summed E-state index contributed by atoms with van der Waals surface area (Å²) in [4.78, 5) is 12.8. The highest BCUT2D eigenvalue weighted by molar-refractivity contribution is 7.89. The van der Waals surface area contributed by atoms with Gasteiger partial charge in [0, 0.05) is 19.0 Å². The third-order valence-corrected chi connectivity index (χ3v) is 9.74.